The van der Waals surface area contributed by atoms with Crippen molar-refractivity contribution in [2.24, 2.45) is 0 Å². The molecule has 0 fully saturated rings. The number of aromatic amines is 1. The van der Waals surface area contributed by atoms with Gasteiger partial charge in [-0.05, 0) is 36.6 Å². The van der Waals surface area contributed by atoms with E-state index in [4.69, 9.17) is 0 Å². The van der Waals surface area contributed by atoms with Crippen LogP contribution >= 0.6 is 0 Å². The van der Waals surface area contributed by atoms with E-state index in [0.29, 0.717) is 5.16 Å². The molecule has 0 amide bonds. The Morgan fingerprint density at radius 1 is 1.10 bits per heavy atom. The average molecular weight is 297 g/mol. The topological polar surface area (TPSA) is 49.0 Å². The standard InChI is InChI=1S/C16H15N3OS/c20-21(16-17-13-8-2-3-9-14(13)18-16)19-11-5-7-12-6-1-4-10-15(12)19/h1-4,6,8-10H,5,7,11H2,(H,17,18). The summed E-state index contributed by atoms with van der Waals surface area (Å²) in [5, 5.41) is 0.521. The van der Waals surface area contributed by atoms with Gasteiger partial charge in [0, 0.05) is 6.54 Å². The third-order valence-electron chi connectivity index (χ3n) is 3.80. The van der Waals surface area contributed by atoms with Crippen LogP contribution in [0.3, 0.4) is 0 Å². The summed E-state index contributed by atoms with van der Waals surface area (Å²) in [6.07, 6.45) is 2.06. The molecule has 1 unspecified atom stereocenters. The summed E-state index contributed by atoms with van der Waals surface area (Å²) in [5.74, 6) is 0. The molecule has 0 saturated carbocycles. The van der Waals surface area contributed by atoms with Gasteiger partial charge < -0.3 is 4.98 Å². The molecule has 1 N–H and O–H groups in total. The van der Waals surface area contributed by atoms with Crippen molar-refractivity contribution in [3.8, 4) is 0 Å². The number of hydrogen-bond acceptors (Lipinski definition) is 2. The normalized spacial score (nSPS) is 15.9. The van der Waals surface area contributed by atoms with Gasteiger partial charge in [-0.3, -0.25) is 4.31 Å². The van der Waals surface area contributed by atoms with Crippen molar-refractivity contribution >= 4 is 27.7 Å². The zero-order chi connectivity index (χ0) is 14.2. The van der Waals surface area contributed by atoms with Crippen molar-refractivity contribution in [2.45, 2.75) is 18.0 Å². The minimum Gasteiger partial charge on any atom is -0.329 e. The number of H-pyrrole nitrogens is 1. The Bertz CT molecular complexity index is 794. The molecule has 0 radical (unpaired) electrons. The molecule has 4 nitrogen and oxygen atoms in total. The molecule has 1 aliphatic rings. The first-order chi connectivity index (χ1) is 10.3. The largest absolute Gasteiger partial charge is 0.329 e. The Morgan fingerprint density at radius 3 is 2.81 bits per heavy atom. The van der Waals surface area contributed by atoms with Crippen molar-refractivity contribution in [1.82, 2.24) is 9.97 Å². The molecular formula is C16H15N3OS. The third-order valence-corrected chi connectivity index (χ3v) is 5.10. The smallest absolute Gasteiger partial charge is 0.219 e. The number of imidazole rings is 1. The molecule has 0 bridgehead atoms. The summed E-state index contributed by atoms with van der Waals surface area (Å²) in [4.78, 5) is 7.63. The Kier molecular flexibility index (Phi) is 3.00. The molecule has 2 aromatic carbocycles. The van der Waals surface area contributed by atoms with E-state index >= 15 is 0 Å². The van der Waals surface area contributed by atoms with Gasteiger partial charge in [0.15, 0.2) is 11.0 Å². The second-order valence-corrected chi connectivity index (χ2v) is 6.47. The molecule has 106 valence electrons. The van der Waals surface area contributed by atoms with Gasteiger partial charge in [-0.2, -0.15) is 0 Å². The summed E-state index contributed by atoms with van der Waals surface area (Å²) in [6, 6.07) is 15.9. The summed E-state index contributed by atoms with van der Waals surface area (Å²) in [6.45, 7) is 0.792. The second-order valence-electron chi connectivity index (χ2n) is 5.14. The summed E-state index contributed by atoms with van der Waals surface area (Å²) >= 11 is 0. The Balaban J connectivity index is 1.75. The van der Waals surface area contributed by atoms with Crippen LogP contribution in [0.5, 0.6) is 0 Å². The minimum absolute atomic E-state index is 0.521. The van der Waals surface area contributed by atoms with Gasteiger partial charge in [0.25, 0.3) is 0 Å². The number of benzene rings is 2. The Labute approximate surface area is 125 Å². The van der Waals surface area contributed by atoms with Gasteiger partial charge in [-0.25, -0.2) is 9.19 Å². The van der Waals surface area contributed by atoms with Crippen LogP contribution in [0.2, 0.25) is 0 Å². The van der Waals surface area contributed by atoms with Crippen molar-refractivity contribution in [2.75, 3.05) is 10.8 Å². The predicted octanol–water partition coefficient (Wildman–Crippen LogP) is 3.04. The highest BCUT2D eigenvalue weighted by Gasteiger charge is 2.24. The van der Waals surface area contributed by atoms with Gasteiger partial charge in [0.1, 0.15) is 0 Å². The molecule has 4 rings (SSSR count). The van der Waals surface area contributed by atoms with Crippen LogP contribution in [-0.2, 0) is 17.4 Å². The molecule has 3 aromatic rings. The number of nitrogens with one attached hydrogen (secondary N) is 1. The number of fused-ring (bicyclic) bond motifs is 2. The number of aromatic nitrogens is 2. The van der Waals surface area contributed by atoms with Crippen LogP contribution < -0.4 is 4.31 Å². The summed E-state index contributed by atoms with van der Waals surface area (Å²) in [5.41, 5.74) is 4.09. The monoisotopic (exact) mass is 297 g/mol. The summed E-state index contributed by atoms with van der Waals surface area (Å²) < 4.78 is 14.8. The number of hydrogen-bond donors (Lipinski definition) is 1. The predicted molar refractivity (Wildman–Crippen MR) is 84.6 cm³/mol. The van der Waals surface area contributed by atoms with E-state index in [9.17, 15) is 4.21 Å². The highest BCUT2D eigenvalue weighted by atomic mass is 32.2. The fourth-order valence-electron chi connectivity index (χ4n) is 2.79. The lowest BCUT2D eigenvalue weighted by molar-refractivity contribution is 0.667. The number of para-hydroxylation sites is 3. The second kappa shape index (κ2) is 5.00. The average Bonchev–Trinajstić information content (AvgIpc) is 2.97. The Morgan fingerprint density at radius 2 is 1.90 bits per heavy atom. The summed E-state index contributed by atoms with van der Waals surface area (Å²) in [7, 11) is -1.30. The fourth-order valence-corrected chi connectivity index (χ4v) is 4.02. The lowest BCUT2D eigenvalue weighted by Crippen LogP contribution is -2.31. The molecular weight excluding hydrogens is 282 g/mol. The van der Waals surface area contributed by atoms with Gasteiger partial charge in [0.05, 0.1) is 16.7 Å². The molecule has 1 aliphatic heterocycles. The van der Waals surface area contributed by atoms with Crippen LogP contribution in [0.1, 0.15) is 12.0 Å². The highest BCUT2D eigenvalue weighted by Crippen LogP contribution is 2.29. The maximum atomic E-state index is 12.9. The third kappa shape index (κ3) is 2.14. The van der Waals surface area contributed by atoms with E-state index in [2.05, 4.69) is 16.0 Å². The highest BCUT2D eigenvalue weighted by molar-refractivity contribution is 7.86. The maximum absolute atomic E-state index is 12.9. The lowest BCUT2D eigenvalue weighted by Gasteiger charge is -2.28. The minimum atomic E-state index is -1.30. The first kappa shape index (κ1) is 12.6. The first-order valence-corrected chi connectivity index (χ1v) is 8.16. The number of rotatable bonds is 2. The quantitative estimate of drug-likeness (QED) is 0.790. The van der Waals surface area contributed by atoms with Crippen molar-refractivity contribution in [3.63, 3.8) is 0 Å². The van der Waals surface area contributed by atoms with E-state index in [0.717, 1.165) is 36.1 Å². The molecule has 0 saturated heterocycles. The van der Waals surface area contributed by atoms with Gasteiger partial charge in [-0.15, -0.1) is 0 Å². The molecule has 1 atom stereocenters. The molecule has 2 heterocycles. The van der Waals surface area contributed by atoms with E-state index in [1.54, 1.807) is 0 Å². The van der Waals surface area contributed by atoms with Crippen molar-refractivity contribution in [1.29, 1.82) is 0 Å². The molecule has 0 spiro atoms. The first-order valence-electron chi connectivity index (χ1n) is 7.05. The van der Waals surface area contributed by atoms with E-state index in [1.807, 2.05) is 46.8 Å². The van der Waals surface area contributed by atoms with Crippen molar-refractivity contribution in [3.05, 3.63) is 54.1 Å². The molecule has 21 heavy (non-hydrogen) atoms. The molecule has 5 heteroatoms. The van der Waals surface area contributed by atoms with Gasteiger partial charge in [-0.1, -0.05) is 30.3 Å². The van der Waals surface area contributed by atoms with Gasteiger partial charge >= 0.3 is 0 Å². The lowest BCUT2D eigenvalue weighted by atomic mass is 10.0. The van der Waals surface area contributed by atoms with E-state index in [1.165, 1.54) is 5.56 Å². The molecule has 1 aromatic heterocycles. The zero-order valence-electron chi connectivity index (χ0n) is 11.5. The fraction of sp³-hybridized carbons (Fsp3) is 0.188. The molecule has 0 aliphatic carbocycles. The Hall–Kier alpha value is -2.14. The zero-order valence-corrected chi connectivity index (χ0v) is 12.3. The van der Waals surface area contributed by atoms with E-state index < -0.39 is 11.0 Å². The van der Waals surface area contributed by atoms with E-state index in [-0.39, 0.29) is 0 Å². The maximum Gasteiger partial charge on any atom is 0.219 e. The van der Waals surface area contributed by atoms with Crippen LogP contribution in [0.4, 0.5) is 5.69 Å². The van der Waals surface area contributed by atoms with Gasteiger partial charge in [0.2, 0.25) is 5.16 Å². The van der Waals surface area contributed by atoms with Crippen molar-refractivity contribution < 1.29 is 4.21 Å². The number of nitrogens with zero attached hydrogens (tertiary/aromatic N) is 2. The van der Waals surface area contributed by atoms with Crippen LogP contribution in [0, 0.1) is 0 Å². The number of aryl methyl sites for hydroxylation is 1. The SMILES string of the molecule is O=S(c1nc2ccccc2[nH]1)N1CCCc2ccccc21. The van der Waals surface area contributed by atoms with Crippen LogP contribution in [0.25, 0.3) is 11.0 Å². The van der Waals surface area contributed by atoms with Crippen LogP contribution in [-0.4, -0.2) is 20.7 Å². The number of anilines is 1. The van der Waals surface area contributed by atoms with Crippen LogP contribution in [0.15, 0.2) is 53.7 Å².